The Morgan fingerprint density at radius 2 is 2.05 bits per heavy atom. The smallest absolute Gasteiger partial charge is 0.241 e. The lowest BCUT2D eigenvalue weighted by Gasteiger charge is -2.25. The topological polar surface area (TPSA) is 50.8 Å². The summed E-state index contributed by atoms with van der Waals surface area (Å²) >= 11 is 0. The molecule has 118 valence electrons. The summed E-state index contributed by atoms with van der Waals surface area (Å²) in [6.45, 7) is 8.90. The lowest BCUT2D eigenvalue weighted by atomic mass is 10.1. The van der Waals surface area contributed by atoms with Gasteiger partial charge in [-0.3, -0.25) is 10.1 Å². The summed E-state index contributed by atoms with van der Waals surface area (Å²) < 4.78 is 10.4. The van der Waals surface area contributed by atoms with E-state index in [0.717, 1.165) is 19.3 Å². The minimum absolute atomic E-state index is 0.0114. The zero-order valence-electron chi connectivity index (χ0n) is 13.4. The maximum Gasteiger partial charge on any atom is 0.241 e. The largest absolute Gasteiger partial charge is 0.382 e. The van der Waals surface area contributed by atoms with Gasteiger partial charge in [0, 0.05) is 13.7 Å². The van der Waals surface area contributed by atoms with Gasteiger partial charge in [-0.1, -0.05) is 27.2 Å². The zero-order valence-corrected chi connectivity index (χ0v) is 13.4. The summed E-state index contributed by atoms with van der Waals surface area (Å²) in [5.41, 5.74) is 0. The van der Waals surface area contributed by atoms with Crippen molar-refractivity contribution < 1.29 is 14.3 Å². The molecule has 2 unspecified atom stereocenters. The molecule has 0 saturated carbocycles. The minimum atomic E-state index is -0.0114. The van der Waals surface area contributed by atoms with Crippen molar-refractivity contribution in [3.05, 3.63) is 0 Å². The molecule has 1 amide bonds. The molecule has 0 aromatic rings. The third-order valence-electron chi connectivity index (χ3n) is 3.53. The number of carbonyl (C=O) groups excluding carboxylic acids is 1. The number of rotatable bonds is 10. The van der Waals surface area contributed by atoms with Gasteiger partial charge in [0.15, 0.2) is 0 Å². The number of nitrogens with zero attached hydrogens (tertiary/aromatic N) is 1. The summed E-state index contributed by atoms with van der Waals surface area (Å²) in [5.74, 6) is 0.797. The van der Waals surface area contributed by atoms with Gasteiger partial charge in [-0.2, -0.15) is 0 Å². The van der Waals surface area contributed by atoms with Crippen molar-refractivity contribution in [2.45, 2.75) is 52.2 Å². The van der Waals surface area contributed by atoms with E-state index in [2.05, 4.69) is 26.1 Å². The molecular weight excluding hydrogens is 256 g/mol. The van der Waals surface area contributed by atoms with Gasteiger partial charge in [0.1, 0.15) is 0 Å². The Balaban J connectivity index is 2.46. The highest BCUT2D eigenvalue weighted by molar-refractivity contribution is 5.84. The Hall–Kier alpha value is -0.650. The Labute approximate surface area is 123 Å². The van der Waals surface area contributed by atoms with Gasteiger partial charge in [0.25, 0.3) is 0 Å². The lowest BCUT2D eigenvalue weighted by Crippen LogP contribution is -2.40. The Kier molecular flexibility index (Phi) is 8.11. The molecule has 0 aromatic heterocycles. The molecule has 1 aliphatic heterocycles. The van der Waals surface area contributed by atoms with Gasteiger partial charge in [0.2, 0.25) is 5.91 Å². The lowest BCUT2D eigenvalue weighted by molar-refractivity contribution is -0.131. The first-order valence-electron chi connectivity index (χ1n) is 7.73. The zero-order chi connectivity index (χ0) is 15.0. The second kappa shape index (κ2) is 9.32. The van der Waals surface area contributed by atoms with Crippen LogP contribution in [0.15, 0.2) is 0 Å². The summed E-state index contributed by atoms with van der Waals surface area (Å²) in [4.78, 5) is 14.3. The Morgan fingerprint density at radius 3 is 2.65 bits per heavy atom. The molecule has 1 saturated heterocycles. The summed E-state index contributed by atoms with van der Waals surface area (Å²) in [6, 6.07) is -0.0114. The van der Waals surface area contributed by atoms with Gasteiger partial charge >= 0.3 is 0 Å². The molecule has 1 rings (SSSR count). The summed E-state index contributed by atoms with van der Waals surface area (Å²) in [6.07, 6.45) is 3.08. The molecule has 0 spiro atoms. The van der Waals surface area contributed by atoms with Crippen molar-refractivity contribution in [3.63, 3.8) is 0 Å². The van der Waals surface area contributed by atoms with E-state index in [1.165, 1.54) is 0 Å². The van der Waals surface area contributed by atoms with Crippen LogP contribution in [0.4, 0.5) is 0 Å². The number of methoxy groups -OCH3 is 1. The average Bonchev–Trinajstić information content (AvgIpc) is 2.66. The van der Waals surface area contributed by atoms with Gasteiger partial charge in [-0.25, -0.2) is 0 Å². The number of carbonyl (C=O) groups is 1. The number of nitrogens with one attached hydrogen (secondary N) is 1. The monoisotopic (exact) mass is 286 g/mol. The molecule has 1 N–H and O–H groups in total. The normalized spacial score (nSPS) is 23.1. The van der Waals surface area contributed by atoms with E-state index in [1.54, 1.807) is 7.11 Å². The average molecular weight is 286 g/mol. The molecule has 0 bridgehead atoms. The fraction of sp³-hybridized carbons (Fsp3) is 0.933. The first-order chi connectivity index (χ1) is 9.60. The van der Waals surface area contributed by atoms with Crippen LogP contribution in [0, 0.1) is 5.92 Å². The van der Waals surface area contributed by atoms with E-state index in [-0.39, 0.29) is 18.1 Å². The standard InChI is InChI=1S/C15H30N2O3/c1-5-6-13-15(18)17(7-8-20-10-9-19-4)14(16-13)11-12(2)3/h12-14,16H,5-11H2,1-4H3. The maximum atomic E-state index is 12.4. The van der Waals surface area contributed by atoms with Crippen LogP contribution >= 0.6 is 0 Å². The van der Waals surface area contributed by atoms with Crippen molar-refractivity contribution in [2.75, 3.05) is 33.5 Å². The fourth-order valence-electron chi connectivity index (χ4n) is 2.56. The van der Waals surface area contributed by atoms with Crippen molar-refractivity contribution >= 4 is 5.91 Å². The molecule has 5 heteroatoms. The maximum absolute atomic E-state index is 12.4. The number of hydrogen-bond donors (Lipinski definition) is 1. The molecule has 5 nitrogen and oxygen atoms in total. The Morgan fingerprint density at radius 1 is 1.30 bits per heavy atom. The van der Waals surface area contributed by atoms with E-state index in [1.807, 2.05) is 4.90 Å². The van der Waals surface area contributed by atoms with Crippen molar-refractivity contribution in [3.8, 4) is 0 Å². The minimum Gasteiger partial charge on any atom is -0.382 e. The van der Waals surface area contributed by atoms with E-state index in [9.17, 15) is 4.79 Å². The first-order valence-corrected chi connectivity index (χ1v) is 7.73. The van der Waals surface area contributed by atoms with E-state index in [4.69, 9.17) is 9.47 Å². The summed E-state index contributed by atoms with van der Waals surface area (Å²) in [7, 11) is 1.66. The number of ether oxygens (including phenoxy) is 2. The van der Waals surface area contributed by atoms with Crippen molar-refractivity contribution in [2.24, 2.45) is 5.92 Å². The van der Waals surface area contributed by atoms with E-state index < -0.39 is 0 Å². The van der Waals surface area contributed by atoms with Crippen LogP contribution in [0.1, 0.15) is 40.0 Å². The summed E-state index contributed by atoms with van der Waals surface area (Å²) in [5, 5.41) is 3.47. The van der Waals surface area contributed by atoms with Gasteiger partial charge in [-0.05, 0) is 18.8 Å². The molecule has 1 aliphatic rings. The SMILES string of the molecule is CCCC1NC(CC(C)C)N(CCOCCOC)C1=O. The second-order valence-corrected chi connectivity index (χ2v) is 5.79. The highest BCUT2D eigenvalue weighted by Gasteiger charge is 2.37. The van der Waals surface area contributed by atoms with Crippen LogP contribution in [-0.4, -0.2) is 56.5 Å². The van der Waals surface area contributed by atoms with Gasteiger partial charge < -0.3 is 14.4 Å². The highest BCUT2D eigenvalue weighted by Crippen LogP contribution is 2.19. The molecule has 0 aliphatic carbocycles. The predicted octanol–water partition coefficient (Wildman–Crippen LogP) is 1.62. The third-order valence-corrected chi connectivity index (χ3v) is 3.53. The second-order valence-electron chi connectivity index (χ2n) is 5.79. The number of hydrogen-bond acceptors (Lipinski definition) is 4. The third kappa shape index (κ3) is 5.38. The molecule has 0 radical (unpaired) electrons. The molecule has 2 atom stereocenters. The van der Waals surface area contributed by atoms with Crippen molar-refractivity contribution in [1.82, 2.24) is 10.2 Å². The molecule has 20 heavy (non-hydrogen) atoms. The van der Waals surface area contributed by atoms with E-state index in [0.29, 0.717) is 32.3 Å². The predicted molar refractivity (Wildman–Crippen MR) is 79.5 cm³/mol. The van der Waals surface area contributed by atoms with Crippen LogP contribution in [0.25, 0.3) is 0 Å². The van der Waals surface area contributed by atoms with Crippen LogP contribution in [0.3, 0.4) is 0 Å². The van der Waals surface area contributed by atoms with Gasteiger partial charge in [0.05, 0.1) is 32.0 Å². The Bertz CT molecular complexity index is 284. The quantitative estimate of drug-likeness (QED) is 0.620. The van der Waals surface area contributed by atoms with Crippen LogP contribution < -0.4 is 5.32 Å². The van der Waals surface area contributed by atoms with Crippen LogP contribution in [0.2, 0.25) is 0 Å². The molecular formula is C15H30N2O3. The molecule has 1 fully saturated rings. The van der Waals surface area contributed by atoms with Crippen molar-refractivity contribution in [1.29, 1.82) is 0 Å². The first kappa shape index (κ1) is 17.4. The highest BCUT2D eigenvalue weighted by atomic mass is 16.5. The van der Waals surface area contributed by atoms with Crippen LogP contribution in [0.5, 0.6) is 0 Å². The van der Waals surface area contributed by atoms with Crippen LogP contribution in [-0.2, 0) is 14.3 Å². The molecule has 0 aromatic carbocycles. The fourth-order valence-corrected chi connectivity index (χ4v) is 2.56. The number of amides is 1. The van der Waals surface area contributed by atoms with E-state index >= 15 is 0 Å². The van der Waals surface area contributed by atoms with Gasteiger partial charge in [-0.15, -0.1) is 0 Å². The molecule has 1 heterocycles.